The van der Waals surface area contributed by atoms with Gasteiger partial charge in [0.05, 0.1) is 18.2 Å². The van der Waals surface area contributed by atoms with Gasteiger partial charge in [-0.25, -0.2) is 0 Å². The van der Waals surface area contributed by atoms with E-state index in [1.807, 2.05) is 41.5 Å². The number of fused-ring (bicyclic) bond motifs is 3. The van der Waals surface area contributed by atoms with Crippen molar-refractivity contribution in [3.8, 4) is 0 Å². The molecule has 1 N–H and O–H groups in total. The molecule has 3 aliphatic heterocycles. The maximum absolute atomic E-state index is 9.84. The van der Waals surface area contributed by atoms with E-state index in [1.54, 1.807) is 5.56 Å². The van der Waals surface area contributed by atoms with Crippen molar-refractivity contribution in [2.24, 2.45) is 5.92 Å². The van der Waals surface area contributed by atoms with E-state index >= 15 is 0 Å². The van der Waals surface area contributed by atoms with Crippen molar-refractivity contribution in [2.45, 2.75) is 66.8 Å². The third kappa shape index (κ3) is 3.60. The summed E-state index contributed by atoms with van der Waals surface area (Å²) < 4.78 is 2.37. The first kappa shape index (κ1) is 21.7. The Kier molecular flexibility index (Phi) is 8.12. The molecule has 4 heterocycles. The van der Waals surface area contributed by atoms with E-state index in [0.717, 1.165) is 6.42 Å². The first-order valence-electron chi connectivity index (χ1n) is 11.1. The zero-order valence-electron chi connectivity index (χ0n) is 18.1. The Morgan fingerprint density at radius 2 is 1.70 bits per heavy atom. The average molecular weight is 371 g/mol. The van der Waals surface area contributed by atoms with Gasteiger partial charge in [-0.15, -0.1) is 0 Å². The normalized spacial score (nSPS) is 22.1. The second kappa shape index (κ2) is 10.1. The van der Waals surface area contributed by atoms with Gasteiger partial charge in [0.1, 0.15) is 0 Å². The number of nitrogens with zero attached hydrogens (tertiary/aromatic N) is 2. The quantitative estimate of drug-likeness (QED) is 0.679. The number of para-hydroxylation sites is 1. The standard InChI is InChI=1S/C18H20N2O.3C2H6/c21-11-12-10-20-16-6-2-1-4-14(16)15-7-9-19-8-3-5-13(12)17(19)18(15)20;3*1-2/h1-2,4,6,10,13,17,21H,3,5,7-9,11H2;3*1-2H3. The lowest BCUT2D eigenvalue weighted by Gasteiger charge is -2.47. The van der Waals surface area contributed by atoms with Crippen LogP contribution in [0.3, 0.4) is 0 Å². The number of aliphatic hydroxyl groups is 1. The molecule has 2 unspecified atom stereocenters. The van der Waals surface area contributed by atoms with Gasteiger partial charge >= 0.3 is 0 Å². The van der Waals surface area contributed by atoms with Crippen LogP contribution in [0, 0.1) is 5.92 Å². The summed E-state index contributed by atoms with van der Waals surface area (Å²) in [5.41, 5.74) is 5.57. The number of hydrogen-bond acceptors (Lipinski definition) is 2. The fourth-order valence-corrected chi connectivity index (χ4v) is 4.82. The minimum Gasteiger partial charge on any atom is -0.392 e. The molecule has 1 aromatic heterocycles. The Morgan fingerprint density at radius 1 is 1.00 bits per heavy atom. The van der Waals surface area contributed by atoms with Crippen LogP contribution in [-0.4, -0.2) is 34.3 Å². The molecular weight excluding hydrogens is 332 g/mol. The highest BCUT2D eigenvalue weighted by Crippen LogP contribution is 2.49. The van der Waals surface area contributed by atoms with Gasteiger partial charge in [0, 0.05) is 29.7 Å². The maximum Gasteiger partial charge on any atom is 0.0662 e. The Hall–Kier alpha value is -1.58. The van der Waals surface area contributed by atoms with E-state index in [9.17, 15) is 5.11 Å². The molecule has 1 aromatic carbocycles. The van der Waals surface area contributed by atoms with Crippen LogP contribution in [-0.2, 0) is 6.42 Å². The Balaban J connectivity index is 0.000000400. The lowest BCUT2D eigenvalue weighted by molar-refractivity contribution is 0.0868. The molecule has 3 heteroatoms. The van der Waals surface area contributed by atoms with Gasteiger partial charge in [0.2, 0.25) is 0 Å². The van der Waals surface area contributed by atoms with Crippen LogP contribution in [0.2, 0.25) is 0 Å². The van der Waals surface area contributed by atoms with Crippen molar-refractivity contribution < 1.29 is 5.11 Å². The largest absolute Gasteiger partial charge is 0.392 e. The molecular formula is C24H38N2O. The highest BCUT2D eigenvalue weighted by atomic mass is 16.3. The van der Waals surface area contributed by atoms with E-state index in [-0.39, 0.29) is 6.61 Å². The number of piperidine rings is 1. The molecule has 2 atom stereocenters. The molecule has 3 aliphatic rings. The molecule has 0 aliphatic carbocycles. The molecule has 1 fully saturated rings. The third-order valence-electron chi connectivity index (χ3n) is 5.68. The van der Waals surface area contributed by atoms with Crippen LogP contribution >= 0.6 is 0 Å². The second-order valence-electron chi connectivity index (χ2n) is 6.59. The van der Waals surface area contributed by atoms with Gasteiger partial charge in [0.25, 0.3) is 0 Å². The van der Waals surface area contributed by atoms with E-state index in [4.69, 9.17) is 0 Å². The lowest BCUT2D eigenvalue weighted by Crippen LogP contribution is -2.46. The summed E-state index contributed by atoms with van der Waals surface area (Å²) >= 11 is 0. The average Bonchev–Trinajstić information content (AvgIpc) is 3.11. The van der Waals surface area contributed by atoms with Gasteiger partial charge in [-0.1, -0.05) is 59.7 Å². The molecule has 0 saturated carbocycles. The predicted octanol–water partition coefficient (Wildman–Crippen LogP) is 5.88. The SMILES string of the molecule is CC.CC.CC.OCC1=Cn2c3c(c4ccccc42)CCN2CCCC1C32. The summed E-state index contributed by atoms with van der Waals surface area (Å²) in [5.74, 6) is 0.514. The summed E-state index contributed by atoms with van der Waals surface area (Å²) in [6.45, 7) is 14.6. The smallest absolute Gasteiger partial charge is 0.0662 e. The zero-order chi connectivity index (χ0) is 20.0. The van der Waals surface area contributed by atoms with Crippen LogP contribution in [0.1, 0.15) is 71.7 Å². The van der Waals surface area contributed by atoms with Crippen molar-refractivity contribution in [1.29, 1.82) is 0 Å². The number of benzene rings is 1. The van der Waals surface area contributed by atoms with Gasteiger partial charge in [-0.2, -0.15) is 0 Å². The van der Waals surface area contributed by atoms with Crippen LogP contribution in [0.5, 0.6) is 0 Å². The molecule has 0 bridgehead atoms. The predicted molar refractivity (Wildman–Crippen MR) is 118 cm³/mol. The van der Waals surface area contributed by atoms with Gasteiger partial charge < -0.3 is 9.67 Å². The lowest BCUT2D eigenvalue weighted by atomic mass is 9.77. The molecule has 0 amide bonds. The first-order chi connectivity index (χ1) is 13.4. The molecule has 2 aromatic rings. The minimum absolute atomic E-state index is 0.191. The Morgan fingerprint density at radius 3 is 2.41 bits per heavy atom. The monoisotopic (exact) mass is 370 g/mol. The summed E-state index contributed by atoms with van der Waals surface area (Å²) in [5, 5.41) is 11.2. The molecule has 0 spiro atoms. The van der Waals surface area contributed by atoms with Gasteiger partial charge in [-0.05, 0) is 43.0 Å². The molecule has 27 heavy (non-hydrogen) atoms. The summed E-state index contributed by atoms with van der Waals surface area (Å²) in [4.78, 5) is 2.65. The summed E-state index contributed by atoms with van der Waals surface area (Å²) in [7, 11) is 0. The van der Waals surface area contributed by atoms with Crippen molar-refractivity contribution in [3.05, 3.63) is 41.1 Å². The number of rotatable bonds is 1. The van der Waals surface area contributed by atoms with Crippen LogP contribution in [0.4, 0.5) is 0 Å². The number of hydrogen-bond donors (Lipinski definition) is 1. The Labute approximate surface area is 165 Å². The van der Waals surface area contributed by atoms with Crippen LogP contribution in [0.15, 0.2) is 29.8 Å². The number of aliphatic hydroxyl groups excluding tert-OH is 1. The summed E-state index contributed by atoms with van der Waals surface area (Å²) in [6.07, 6.45) is 5.86. The molecule has 5 rings (SSSR count). The highest BCUT2D eigenvalue weighted by molar-refractivity contribution is 5.88. The fraction of sp³-hybridized carbons (Fsp3) is 0.583. The molecule has 1 saturated heterocycles. The van der Waals surface area contributed by atoms with E-state index in [2.05, 4.69) is 39.9 Å². The minimum atomic E-state index is 0.191. The van der Waals surface area contributed by atoms with E-state index < -0.39 is 0 Å². The van der Waals surface area contributed by atoms with Crippen molar-refractivity contribution in [3.63, 3.8) is 0 Å². The topological polar surface area (TPSA) is 28.4 Å². The Bertz CT molecular complexity index is 759. The molecule has 150 valence electrons. The van der Waals surface area contributed by atoms with E-state index in [1.165, 1.54) is 48.1 Å². The van der Waals surface area contributed by atoms with Gasteiger partial charge in [0.15, 0.2) is 0 Å². The van der Waals surface area contributed by atoms with Crippen LogP contribution < -0.4 is 0 Å². The fourth-order valence-electron chi connectivity index (χ4n) is 4.82. The highest BCUT2D eigenvalue weighted by Gasteiger charge is 2.42. The van der Waals surface area contributed by atoms with Crippen LogP contribution in [0.25, 0.3) is 17.1 Å². The molecule has 0 radical (unpaired) electrons. The molecule has 3 nitrogen and oxygen atoms in total. The van der Waals surface area contributed by atoms with Crippen molar-refractivity contribution in [1.82, 2.24) is 9.47 Å². The third-order valence-corrected chi connectivity index (χ3v) is 5.68. The summed E-state index contributed by atoms with van der Waals surface area (Å²) in [6, 6.07) is 9.23. The van der Waals surface area contributed by atoms with Gasteiger partial charge in [-0.3, -0.25) is 4.90 Å². The second-order valence-corrected chi connectivity index (χ2v) is 6.59. The van der Waals surface area contributed by atoms with E-state index in [0.29, 0.717) is 12.0 Å². The maximum atomic E-state index is 9.84. The number of aromatic nitrogens is 1. The zero-order valence-corrected chi connectivity index (χ0v) is 18.1. The van der Waals surface area contributed by atoms with Crippen molar-refractivity contribution in [2.75, 3.05) is 19.7 Å². The van der Waals surface area contributed by atoms with Crippen molar-refractivity contribution >= 4 is 17.1 Å². The first-order valence-corrected chi connectivity index (χ1v) is 11.1.